The fourth-order valence-corrected chi connectivity index (χ4v) is 2.66. The zero-order chi connectivity index (χ0) is 15.4. The minimum absolute atomic E-state index is 0.174. The molecule has 0 saturated heterocycles. The lowest BCUT2D eigenvalue weighted by atomic mass is 10.0. The molecule has 112 valence electrons. The molecule has 0 aliphatic rings. The predicted octanol–water partition coefficient (Wildman–Crippen LogP) is 4.32. The molecule has 2 rings (SSSR count). The highest BCUT2D eigenvalue weighted by molar-refractivity contribution is 9.10. The molecular formula is C17H20BrNO2. The summed E-state index contributed by atoms with van der Waals surface area (Å²) >= 11 is 3.33. The summed E-state index contributed by atoms with van der Waals surface area (Å²) in [7, 11) is 1.69. The highest BCUT2D eigenvalue weighted by Gasteiger charge is 2.11. The van der Waals surface area contributed by atoms with Gasteiger partial charge in [-0.05, 0) is 53.5 Å². The number of rotatable bonds is 5. The normalized spacial score (nSPS) is 12.2. The molecule has 3 nitrogen and oxygen atoms in total. The van der Waals surface area contributed by atoms with E-state index in [1.807, 2.05) is 24.3 Å². The van der Waals surface area contributed by atoms with Crippen LogP contribution in [-0.2, 0) is 6.54 Å². The Morgan fingerprint density at radius 1 is 1.24 bits per heavy atom. The van der Waals surface area contributed by atoms with Crippen molar-refractivity contribution in [2.24, 2.45) is 0 Å². The Morgan fingerprint density at radius 2 is 2.00 bits per heavy atom. The molecule has 0 aliphatic heterocycles. The van der Waals surface area contributed by atoms with E-state index in [9.17, 15) is 5.11 Å². The second-order valence-corrected chi connectivity index (χ2v) is 5.99. The Hall–Kier alpha value is -1.52. The third-order valence-corrected chi connectivity index (χ3v) is 4.11. The Bertz CT molecular complexity index is 628. The largest absolute Gasteiger partial charge is 0.507 e. The number of aromatic hydroxyl groups is 1. The SMILES string of the molecule is COc1ccc(C)cc1C(C)NCc1ccc(O)c(Br)c1. The van der Waals surface area contributed by atoms with Gasteiger partial charge in [0.05, 0.1) is 11.6 Å². The smallest absolute Gasteiger partial charge is 0.129 e. The third-order valence-electron chi connectivity index (χ3n) is 3.48. The summed E-state index contributed by atoms with van der Waals surface area (Å²) in [5.74, 6) is 1.15. The number of hydrogen-bond acceptors (Lipinski definition) is 3. The Kier molecular flexibility index (Phi) is 5.26. The monoisotopic (exact) mass is 349 g/mol. The number of benzene rings is 2. The molecule has 2 aromatic rings. The number of phenols is 1. The first kappa shape index (κ1) is 15.9. The molecule has 0 aromatic heterocycles. The topological polar surface area (TPSA) is 41.5 Å². The van der Waals surface area contributed by atoms with Gasteiger partial charge in [-0.25, -0.2) is 0 Å². The maximum Gasteiger partial charge on any atom is 0.129 e. The number of methoxy groups -OCH3 is 1. The van der Waals surface area contributed by atoms with Gasteiger partial charge in [0.15, 0.2) is 0 Å². The van der Waals surface area contributed by atoms with Crippen molar-refractivity contribution >= 4 is 15.9 Å². The van der Waals surface area contributed by atoms with E-state index in [2.05, 4.69) is 41.2 Å². The van der Waals surface area contributed by atoms with E-state index in [0.29, 0.717) is 4.47 Å². The second kappa shape index (κ2) is 6.96. The molecule has 0 aliphatic carbocycles. The molecule has 0 bridgehead atoms. The van der Waals surface area contributed by atoms with Gasteiger partial charge in [0, 0.05) is 18.2 Å². The average molecular weight is 350 g/mol. The van der Waals surface area contributed by atoms with Crippen LogP contribution in [0, 0.1) is 6.92 Å². The van der Waals surface area contributed by atoms with Gasteiger partial charge in [-0.15, -0.1) is 0 Å². The molecule has 4 heteroatoms. The van der Waals surface area contributed by atoms with Crippen molar-refractivity contribution in [2.75, 3.05) is 7.11 Å². The molecule has 0 spiro atoms. The first-order chi connectivity index (χ1) is 10.0. The fourth-order valence-electron chi connectivity index (χ4n) is 2.23. The van der Waals surface area contributed by atoms with Crippen LogP contribution < -0.4 is 10.1 Å². The van der Waals surface area contributed by atoms with Gasteiger partial charge in [0.2, 0.25) is 0 Å². The van der Waals surface area contributed by atoms with Gasteiger partial charge in [0.25, 0.3) is 0 Å². The second-order valence-electron chi connectivity index (χ2n) is 5.13. The first-order valence-electron chi connectivity index (χ1n) is 6.86. The number of halogens is 1. The van der Waals surface area contributed by atoms with Crippen LogP contribution in [0.3, 0.4) is 0 Å². The summed E-state index contributed by atoms with van der Waals surface area (Å²) in [6, 6.07) is 11.9. The van der Waals surface area contributed by atoms with Crippen molar-refractivity contribution in [3.8, 4) is 11.5 Å². The number of nitrogens with one attached hydrogen (secondary N) is 1. The summed E-state index contributed by atoms with van der Waals surface area (Å²) < 4.78 is 6.14. The molecule has 2 aromatic carbocycles. The summed E-state index contributed by atoms with van der Waals surface area (Å²) in [6.07, 6.45) is 0. The quantitative estimate of drug-likeness (QED) is 0.844. The lowest BCUT2D eigenvalue weighted by Gasteiger charge is -2.18. The van der Waals surface area contributed by atoms with Crippen molar-refractivity contribution < 1.29 is 9.84 Å². The first-order valence-corrected chi connectivity index (χ1v) is 7.66. The zero-order valence-electron chi connectivity index (χ0n) is 12.5. The van der Waals surface area contributed by atoms with Gasteiger partial charge in [-0.1, -0.05) is 23.8 Å². The maximum absolute atomic E-state index is 9.51. The van der Waals surface area contributed by atoms with E-state index in [1.54, 1.807) is 13.2 Å². The molecule has 1 unspecified atom stereocenters. The minimum Gasteiger partial charge on any atom is -0.507 e. The highest BCUT2D eigenvalue weighted by Crippen LogP contribution is 2.27. The summed E-state index contributed by atoms with van der Waals surface area (Å²) in [5.41, 5.74) is 3.47. The molecule has 0 heterocycles. The molecular weight excluding hydrogens is 330 g/mol. The molecule has 2 N–H and O–H groups in total. The van der Waals surface area contributed by atoms with Crippen molar-refractivity contribution in [3.63, 3.8) is 0 Å². The Labute approximate surface area is 134 Å². The zero-order valence-corrected chi connectivity index (χ0v) is 14.1. The van der Waals surface area contributed by atoms with Crippen molar-refractivity contribution in [3.05, 3.63) is 57.6 Å². The van der Waals surface area contributed by atoms with Gasteiger partial charge in [0.1, 0.15) is 11.5 Å². The molecule has 21 heavy (non-hydrogen) atoms. The van der Waals surface area contributed by atoms with Crippen molar-refractivity contribution in [1.82, 2.24) is 5.32 Å². The number of phenolic OH excluding ortho intramolecular Hbond substituents is 1. The van der Waals surface area contributed by atoms with Gasteiger partial charge >= 0.3 is 0 Å². The van der Waals surface area contributed by atoms with Crippen LogP contribution in [0.25, 0.3) is 0 Å². The van der Waals surface area contributed by atoms with Crippen LogP contribution in [0.4, 0.5) is 0 Å². The molecule has 0 amide bonds. The molecule has 0 radical (unpaired) electrons. The highest BCUT2D eigenvalue weighted by atomic mass is 79.9. The summed E-state index contributed by atoms with van der Waals surface area (Å²) in [5, 5.41) is 13.0. The van der Waals surface area contributed by atoms with Crippen LogP contribution in [0.1, 0.15) is 29.7 Å². The van der Waals surface area contributed by atoms with Crippen LogP contribution >= 0.6 is 15.9 Å². The number of ether oxygens (including phenoxy) is 1. The third kappa shape index (κ3) is 3.99. The van der Waals surface area contributed by atoms with Crippen LogP contribution in [-0.4, -0.2) is 12.2 Å². The lowest BCUT2D eigenvalue weighted by molar-refractivity contribution is 0.401. The van der Waals surface area contributed by atoms with E-state index < -0.39 is 0 Å². The average Bonchev–Trinajstić information content (AvgIpc) is 2.48. The standard InChI is InChI=1S/C17H20BrNO2/c1-11-4-7-17(21-3)14(8-11)12(2)19-10-13-5-6-16(20)15(18)9-13/h4-9,12,19-20H,10H2,1-3H3. The molecule has 0 fully saturated rings. The van der Waals surface area contributed by atoms with Gasteiger partial charge in [-0.2, -0.15) is 0 Å². The van der Waals surface area contributed by atoms with Gasteiger partial charge < -0.3 is 15.2 Å². The molecule has 1 atom stereocenters. The van der Waals surface area contributed by atoms with Gasteiger partial charge in [-0.3, -0.25) is 0 Å². The fraction of sp³-hybridized carbons (Fsp3) is 0.294. The van der Waals surface area contributed by atoms with E-state index in [1.165, 1.54) is 5.56 Å². The Morgan fingerprint density at radius 3 is 2.67 bits per heavy atom. The van der Waals surface area contributed by atoms with E-state index >= 15 is 0 Å². The van der Waals surface area contributed by atoms with Crippen molar-refractivity contribution in [2.45, 2.75) is 26.4 Å². The summed E-state index contributed by atoms with van der Waals surface area (Å²) in [4.78, 5) is 0. The van der Waals surface area contributed by atoms with E-state index in [-0.39, 0.29) is 11.8 Å². The number of aryl methyl sites for hydroxylation is 1. The maximum atomic E-state index is 9.51. The Balaban J connectivity index is 2.09. The number of hydrogen-bond donors (Lipinski definition) is 2. The van der Waals surface area contributed by atoms with Crippen LogP contribution in [0.5, 0.6) is 11.5 Å². The predicted molar refractivity (Wildman–Crippen MR) is 88.8 cm³/mol. The van der Waals surface area contributed by atoms with Crippen LogP contribution in [0.15, 0.2) is 40.9 Å². The molecule has 0 saturated carbocycles. The minimum atomic E-state index is 0.174. The lowest BCUT2D eigenvalue weighted by Crippen LogP contribution is -2.18. The van der Waals surface area contributed by atoms with Crippen molar-refractivity contribution in [1.29, 1.82) is 0 Å². The summed E-state index contributed by atoms with van der Waals surface area (Å²) in [6.45, 7) is 4.91. The van der Waals surface area contributed by atoms with E-state index in [0.717, 1.165) is 23.4 Å². The van der Waals surface area contributed by atoms with E-state index in [4.69, 9.17) is 4.74 Å². The van der Waals surface area contributed by atoms with Crippen LogP contribution in [0.2, 0.25) is 0 Å².